The van der Waals surface area contributed by atoms with Gasteiger partial charge in [0.05, 0.1) is 13.2 Å². The number of nitrogens with zero attached hydrogens (tertiary/aromatic N) is 1. The predicted molar refractivity (Wildman–Crippen MR) is 88.2 cm³/mol. The molecule has 2 aromatic rings. The van der Waals surface area contributed by atoms with Gasteiger partial charge >= 0.3 is 0 Å². The van der Waals surface area contributed by atoms with Crippen molar-refractivity contribution in [2.75, 3.05) is 13.2 Å². The van der Waals surface area contributed by atoms with E-state index in [-0.39, 0.29) is 0 Å². The van der Waals surface area contributed by atoms with E-state index in [4.69, 9.17) is 9.47 Å². The van der Waals surface area contributed by atoms with Gasteiger partial charge in [-0.15, -0.1) is 0 Å². The number of hydrogen-bond donors (Lipinski definition) is 1. The van der Waals surface area contributed by atoms with Gasteiger partial charge in [0.25, 0.3) is 0 Å². The molecule has 0 unspecified atom stereocenters. The lowest BCUT2D eigenvalue weighted by Gasteiger charge is -2.13. The highest BCUT2D eigenvalue weighted by Crippen LogP contribution is 2.28. The lowest BCUT2D eigenvalue weighted by atomic mass is 10.2. The molecule has 4 heteroatoms. The summed E-state index contributed by atoms with van der Waals surface area (Å²) in [5.41, 5.74) is 2.35. The minimum Gasteiger partial charge on any atom is -0.490 e. The Labute approximate surface area is 132 Å². The Balaban J connectivity index is 1.94. The molecule has 0 saturated heterocycles. The highest BCUT2D eigenvalue weighted by molar-refractivity contribution is 5.43. The molecule has 2 rings (SSSR count). The average molecular weight is 300 g/mol. The molecule has 0 aliphatic rings. The fourth-order valence-electron chi connectivity index (χ4n) is 2.12. The number of benzene rings is 1. The highest BCUT2D eigenvalue weighted by Gasteiger charge is 2.06. The molecule has 0 aliphatic carbocycles. The molecular weight excluding hydrogens is 276 g/mol. The largest absolute Gasteiger partial charge is 0.490 e. The van der Waals surface area contributed by atoms with Crippen molar-refractivity contribution < 1.29 is 9.47 Å². The van der Waals surface area contributed by atoms with Crippen molar-refractivity contribution in [1.82, 2.24) is 10.3 Å². The number of nitrogens with one attached hydrogen (secondary N) is 1. The summed E-state index contributed by atoms with van der Waals surface area (Å²) in [6.45, 7) is 7.00. The van der Waals surface area contributed by atoms with Crippen LogP contribution in [0.3, 0.4) is 0 Å². The second-order valence-corrected chi connectivity index (χ2v) is 5.03. The van der Waals surface area contributed by atoms with E-state index in [1.165, 1.54) is 11.1 Å². The zero-order valence-electron chi connectivity index (χ0n) is 13.3. The second kappa shape index (κ2) is 9.05. The van der Waals surface area contributed by atoms with Crippen molar-refractivity contribution in [2.24, 2.45) is 0 Å². The molecule has 1 N–H and O–H groups in total. The van der Waals surface area contributed by atoms with Crippen LogP contribution < -0.4 is 14.8 Å². The van der Waals surface area contributed by atoms with Gasteiger partial charge in [-0.05, 0) is 42.7 Å². The normalized spacial score (nSPS) is 10.5. The van der Waals surface area contributed by atoms with Crippen molar-refractivity contribution in [1.29, 1.82) is 0 Å². The van der Waals surface area contributed by atoms with Gasteiger partial charge in [0.15, 0.2) is 11.5 Å². The van der Waals surface area contributed by atoms with Crippen LogP contribution in [-0.2, 0) is 13.1 Å². The fourth-order valence-corrected chi connectivity index (χ4v) is 2.12. The van der Waals surface area contributed by atoms with E-state index in [2.05, 4.69) is 29.4 Å². The third-order valence-corrected chi connectivity index (χ3v) is 3.15. The van der Waals surface area contributed by atoms with Gasteiger partial charge < -0.3 is 14.8 Å². The van der Waals surface area contributed by atoms with Crippen LogP contribution in [0.25, 0.3) is 0 Å². The highest BCUT2D eigenvalue weighted by atomic mass is 16.5. The van der Waals surface area contributed by atoms with Crippen LogP contribution in [0.4, 0.5) is 0 Å². The Morgan fingerprint density at radius 2 is 1.86 bits per heavy atom. The minimum atomic E-state index is 0.634. The van der Waals surface area contributed by atoms with Crippen LogP contribution in [0, 0.1) is 0 Å². The van der Waals surface area contributed by atoms with E-state index in [0.29, 0.717) is 13.2 Å². The number of ether oxygens (including phenoxy) is 2. The second-order valence-electron chi connectivity index (χ2n) is 5.03. The summed E-state index contributed by atoms with van der Waals surface area (Å²) < 4.78 is 11.4. The zero-order valence-corrected chi connectivity index (χ0v) is 13.3. The first-order valence-electron chi connectivity index (χ1n) is 7.81. The van der Waals surface area contributed by atoms with Gasteiger partial charge in [-0.1, -0.05) is 19.1 Å². The third kappa shape index (κ3) is 5.04. The average Bonchev–Trinajstić information content (AvgIpc) is 2.55. The monoisotopic (exact) mass is 300 g/mol. The van der Waals surface area contributed by atoms with Crippen LogP contribution in [0.5, 0.6) is 11.5 Å². The zero-order chi connectivity index (χ0) is 15.6. The van der Waals surface area contributed by atoms with E-state index in [0.717, 1.165) is 31.0 Å². The van der Waals surface area contributed by atoms with E-state index >= 15 is 0 Å². The summed E-state index contributed by atoms with van der Waals surface area (Å²) in [5.74, 6) is 1.64. The molecule has 0 bridgehead atoms. The van der Waals surface area contributed by atoms with E-state index in [9.17, 15) is 0 Å². The Hall–Kier alpha value is -2.07. The number of aromatic nitrogens is 1. The minimum absolute atomic E-state index is 0.634. The summed E-state index contributed by atoms with van der Waals surface area (Å²) in [5, 5.41) is 3.41. The lowest BCUT2D eigenvalue weighted by molar-refractivity contribution is 0.276. The Morgan fingerprint density at radius 3 is 2.59 bits per heavy atom. The summed E-state index contributed by atoms with van der Waals surface area (Å²) >= 11 is 0. The fraction of sp³-hybridized carbons (Fsp3) is 0.389. The molecule has 0 radical (unpaired) electrons. The summed E-state index contributed by atoms with van der Waals surface area (Å²) in [4.78, 5) is 4.11. The van der Waals surface area contributed by atoms with Crippen LogP contribution in [0.15, 0.2) is 42.7 Å². The van der Waals surface area contributed by atoms with E-state index in [1.807, 2.05) is 31.3 Å². The first-order chi connectivity index (χ1) is 10.8. The molecule has 0 spiro atoms. The summed E-state index contributed by atoms with van der Waals surface area (Å²) in [6.07, 6.45) is 4.65. The molecule has 0 saturated carbocycles. The Bertz CT molecular complexity index is 558. The predicted octanol–water partition coefficient (Wildman–Crippen LogP) is 3.56. The van der Waals surface area contributed by atoms with Gasteiger partial charge in [0, 0.05) is 25.5 Å². The maximum absolute atomic E-state index is 5.71. The maximum Gasteiger partial charge on any atom is 0.161 e. The molecule has 0 fully saturated rings. The first kappa shape index (κ1) is 16.3. The molecule has 4 nitrogen and oxygen atoms in total. The third-order valence-electron chi connectivity index (χ3n) is 3.15. The van der Waals surface area contributed by atoms with Crippen LogP contribution in [-0.4, -0.2) is 18.2 Å². The van der Waals surface area contributed by atoms with Crippen molar-refractivity contribution >= 4 is 0 Å². The van der Waals surface area contributed by atoms with Crippen molar-refractivity contribution in [3.05, 3.63) is 53.9 Å². The van der Waals surface area contributed by atoms with E-state index < -0.39 is 0 Å². The Kier molecular flexibility index (Phi) is 6.71. The summed E-state index contributed by atoms with van der Waals surface area (Å²) in [6, 6.07) is 10.1. The summed E-state index contributed by atoms with van der Waals surface area (Å²) in [7, 11) is 0. The maximum atomic E-state index is 5.71. The molecule has 0 aliphatic heterocycles. The number of rotatable bonds is 9. The number of hydrogen-bond acceptors (Lipinski definition) is 4. The standard InChI is InChI=1S/C18H24N2O2/c1-3-10-22-17-8-7-15(11-18(17)21-4-2)12-20-14-16-6-5-9-19-13-16/h5-9,11,13,20H,3-4,10,12,14H2,1-2H3. The van der Waals surface area contributed by atoms with Crippen molar-refractivity contribution in [2.45, 2.75) is 33.4 Å². The molecule has 118 valence electrons. The van der Waals surface area contributed by atoms with Gasteiger partial charge in [-0.3, -0.25) is 4.98 Å². The molecule has 1 aromatic heterocycles. The van der Waals surface area contributed by atoms with Crippen LogP contribution in [0.1, 0.15) is 31.4 Å². The smallest absolute Gasteiger partial charge is 0.161 e. The SMILES string of the molecule is CCCOc1ccc(CNCc2cccnc2)cc1OCC. The van der Waals surface area contributed by atoms with Gasteiger partial charge in [0.1, 0.15) is 0 Å². The van der Waals surface area contributed by atoms with Gasteiger partial charge in [-0.25, -0.2) is 0 Å². The van der Waals surface area contributed by atoms with Crippen molar-refractivity contribution in [3.63, 3.8) is 0 Å². The quantitative estimate of drug-likeness (QED) is 0.769. The van der Waals surface area contributed by atoms with Crippen LogP contribution in [0.2, 0.25) is 0 Å². The topological polar surface area (TPSA) is 43.4 Å². The van der Waals surface area contributed by atoms with Gasteiger partial charge in [-0.2, -0.15) is 0 Å². The molecule has 1 aromatic carbocycles. The van der Waals surface area contributed by atoms with Crippen molar-refractivity contribution in [3.8, 4) is 11.5 Å². The lowest BCUT2D eigenvalue weighted by Crippen LogP contribution is -2.13. The molecule has 1 heterocycles. The first-order valence-corrected chi connectivity index (χ1v) is 7.81. The number of pyridine rings is 1. The molecule has 22 heavy (non-hydrogen) atoms. The Morgan fingerprint density at radius 1 is 1.00 bits per heavy atom. The van der Waals surface area contributed by atoms with Crippen LogP contribution >= 0.6 is 0 Å². The van der Waals surface area contributed by atoms with E-state index in [1.54, 1.807) is 6.20 Å². The molecule has 0 amide bonds. The molecular formula is C18H24N2O2. The molecule has 0 atom stereocenters. The van der Waals surface area contributed by atoms with Gasteiger partial charge in [0.2, 0.25) is 0 Å².